The van der Waals surface area contributed by atoms with Crippen LogP contribution in [0.25, 0.3) is 0 Å². The zero-order valence-corrected chi connectivity index (χ0v) is 17.5. The molecule has 0 aliphatic rings. The lowest BCUT2D eigenvalue weighted by atomic mass is 10.2. The number of hydrogen-bond donors (Lipinski definition) is 1. The van der Waals surface area contributed by atoms with Crippen LogP contribution in [-0.4, -0.2) is 32.9 Å². The molecule has 0 amide bonds. The van der Waals surface area contributed by atoms with Crippen LogP contribution in [0.4, 0.5) is 17.1 Å². The summed E-state index contributed by atoms with van der Waals surface area (Å²) >= 11 is 0. The van der Waals surface area contributed by atoms with Crippen LogP contribution in [0.2, 0.25) is 0 Å². The van der Waals surface area contributed by atoms with Crippen LogP contribution in [0.3, 0.4) is 0 Å². The Morgan fingerprint density at radius 3 is 2.17 bits per heavy atom. The number of carbonyl (C=O) groups excluding carboxylic acids is 1. The molecule has 0 radical (unpaired) electrons. The molecule has 0 saturated heterocycles. The van der Waals surface area contributed by atoms with Gasteiger partial charge in [0.1, 0.15) is 12.8 Å². The number of methoxy groups -OCH3 is 2. The molecule has 1 N–H and O–H groups in total. The summed E-state index contributed by atoms with van der Waals surface area (Å²) in [6.07, 6.45) is 1.85. The fraction of sp³-hybridized carbons (Fsp3) is 0.174. The second-order valence-corrected chi connectivity index (χ2v) is 6.56. The molecule has 0 aliphatic carbocycles. The predicted molar refractivity (Wildman–Crippen MR) is 117 cm³/mol. The third-order valence-electron chi connectivity index (χ3n) is 4.55. The Hall–Kier alpha value is -3.87. The molecule has 30 heavy (non-hydrogen) atoms. The summed E-state index contributed by atoms with van der Waals surface area (Å²) in [6.45, 7) is 0. The molecule has 0 atom stereocenters. The van der Waals surface area contributed by atoms with Crippen LogP contribution in [0, 0.1) is 0 Å². The average Bonchev–Trinajstić information content (AvgIpc) is 2.78. The quantitative estimate of drug-likeness (QED) is 0.283. The van der Waals surface area contributed by atoms with E-state index in [0.29, 0.717) is 5.69 Å². The first-order chi connectivity index (χ1) is 14.5. The highest BCUT2D eigenvalue weighted by atomic mass is 16.5. The number of aromatic nitrogens is 1. The first-order valence-corrected chi connectivity index (χ1v) is 9.38. The fourth-order valence-electron chi connectivity index (χ4n) is 2.87. The number of anilines is 3. The van der Waals surface area contributed by atoms with Crippen LogP contribution in [0.1, 0.15) is 5.69 Å². The van der Waals surface area contributed by atoms with Crippen molar-refractivity contribution >= 4 is 28.7 Å². The van der Waals surface area contributed by atoms with Crippen LogP contribution in [-0.2, 0) is 16.6 Å². The summed E-state index contributed by atoms with van der Waals surface area (Å²) in [6, 6.07) is 21.0. The molecule has 3 rings (SSSR count). The van der Waals surface area contributed by atoms with E-state index in [1.165, 1.54) is 7.11 Å². The maximum absolute atomic E-state index is 12.3. The summed E-state index contributed by atoms with van der Waals surface area (Å²) in [5.74, 6) is 0.310. The van der Waals surface area contributed by atoms with Crippen molar-refractivity contribution < 1.29 is 18.8 Å². The topological polar surface area (TPSA) is 67.0 Å². The van der Waals surface area contributed by atoms with Gasteiger partial charge in [-0.3, -0.25) is 5.01 Å². The molecule has 3 aromatic rings. The summed E-state index contributed by atoms with van der Waals surface area (Å²) in [5, 5.41) is 9.49. The number of rotatable bonds is 7. The van der Waals surface area contributed by atoms with Crippen LogP contribution < -0.4 is 19.6 Å². The smallest absolute Gasteiger partial charge is 0.365 e. The minimum absolute atomic E-state index is 0.225. The SMILES string of the molecule is COC(=O)C(=NN(C)c1ccc(Nc2ccc(OC)cc2)cc1)c1cccc[n+]1C. The van der Waals surface area contributed by atoms with Crippen LogP contribution >= 0.6 is 0 Å². The van der Waals surface area contributed by atoms with Crippen molar-refractivity contribution in [2.24, 2.45) is 12.1 Å². The van der Waals surface area contributed by atoms with Crippen molar-refractivity contribution in [3.63, 3.8) is 0 Å². The van der Waals surface area contributed by atoms with Crippen molar-refractivity contribution in [1.82, 2.24) is 0 Å². The largest absolute Gasteiger partial charge is 0.497 e. The third kappa shape index (κ3) is 4.94. The Morgan fingerprint density at radius 2 is 1.60 bits per heavy atom. The average molecular weight is 405 g/mol. The highest BCUT2D eigenvalue weighted by Gasteiger charge is 2.24. The van der Waals surface area contributed by atoms with Crippen molar-refractivity contribution in [2.45, 2.75) is 0 Å². The van der Waals surface area contributed by atoms with Gasteiger partial charge in [0, 0.05) is 30.6 Å². The second kappa shape index (κ2) is 9.56. The Labute approximate surface area is 176 Å². The first kappa shape index (κ1) is 20.9. The summed E-state index contributed by atoms with van der Waals surface area (Å²) in [4.78, 5) is 12.3. The zero-order valence-electron chi connectivity index (χ0n) is 17.5. The lowest BCUT2D eigenvalue weighted by Gasteiger charge is -2.15. The van der Waals surface area contributed by atoms with E-state index in [9.17, 15) is 4.79 Å². The number of hydrogen-bond acceptors (Lipinski definition) is 6. The van der Waals surface area contributed by atoms with Gasteiger partial charge >= 0.3 is 5.97 Å². The molecule has 1 heterocycles. The third-order valence-corrected chi connectivity index (χ3v) is 4.55. The molecule has 7 heteroatoms. The Morgan fingerprint density at radius 1 is 0.967 bits per heavy atom. The number of benzene rings is 2. The van der Waals surface area contributed by atoms with E-state index in [-0.39, 0.29) is 5.71 Å². The van der Waals surface area contributed by atoms with E-state index in [1.807, 2.05) is 84.5 Å². The van der Waals surface area contributed by atoms with Gasteiger partial charge in [-0.15, -0.1) is 0 Å². The number of aryl methyl sites for hydroxylation is 1. The van der Waals surface area contributed by atoms with E-state index in [1.54, 1.807) is 19.2 Å². The highest BCUT2D eigenvalue weighted by Crippen LogP contribution is 2.22. The first-order valence-electron chi connectivity index (χ1n) is 9.38. The van der Waals surface area contributed by atoms with Gasteiger partial charge < -0.3 is 14.8 Å². The van der Waals surface area contributed by atoms with Gasteiger partial charge in [0.15, 0.2) is 6.20 Å². The lowest BCUT2D eigenvalue weighted by Crippen LogP contribution is -2.39. The molecule has 0 spiro atoms. The number of nitrogens with one attached hydrogen (secondary N) is 1. The molecular weight excluding hydrogens is 380 g/mol. The monoisotopic (exact) mass is 405 g/mol. The number of esters is 1. The Bertz CT molecular complexity index is 1030. The number of ether oxygens (including phenoxy) is 2. The zero-order chi connectivity index (χ0) is 21.5. The predicted octanol–water partition coefficient (Wildman–Crippen LogP) is 3.28. The van der Waals surface area contributed by atoms with Gasteiger partial charge in [-0.05, 0) is 54.6 Å². The van der Waals surface area contributed by atoms with Gasteiger partial charge in [0.2, 0.25) is 11.4 Å². The van der Waals surface area contributed by atoms with E-state index >= 15 is 0 Å². The van der Waals surface area contributed by atoms with E-state index in [2.05, 4.69) is 10.4 Å². The molecular formula is C23H25N4O3+. The summed E-state index contributed by atoms with van der Waals surface area (Å²) in [5.41, 5.74) is 3.61. The normalized spacial score (nSPS) is 11.0. The minimum atomic E-state index is -0.499. The molecule has 154 valence electrons. The lowest BCUT2D eigenvalue weighted by molar-refractivity contribution is -0.672. The van der Waals surface area contributed by atoms with Crippen molar-refractivity contribution in [3.05, 3.63) is 78.6 Å². The highest BCUT2D eigenvalue weighted by molar-refractivity contribution is 6.42. The molecule has 1 aromatic heterocycles. The van der Waals surface area contributed by atoms with Gasteiger partial charge in [-0.25, -0.2) is 4.79 Å². The molecule has 0 bridgehead atoms. The van der Waals surface area contributed by atoms with E-state index in [4.69, 9.17) is 9.47 Å². The fourth-order valence-corrected chi connectivity index (χ4v) is 2.87. The van der Waals surface area contributed by atoms with Crippen molar-refractivity contribution in [3.8, 4) is 5.75 Å². The second-order valence-electron chi connectivity index (χ2n) is 6.56. The van der Waals surface area contributed by atoms with Crippen molar-refractivity contribution in [2.75, 3.05) is 31.6 Å². The standard InChI is InChI=1S/C23H25N4O3/c1-26-16-6-5-7-21(26)22(23(28)30-4)25-27(2)19-12-8-17(9-13-19)24-18-10-14-20(29-3)15-11-18/h5-16,24H,1-4H3/q+1. The van der Waals surface area contributed by atoms with Crippen LogP contribution in [0.15, 0.2) is 78.0 Å². The number of pyridine rings is 1. The number of carbonyl (C=O) groups is 1. The molecule has 0 saturated carbocycles. The molecule has 0 unspecified atom stereocenters. The molecule has 0 aliphatic heterocycles. The Kier molecular flexibility index (Phi) is 6.64. The minimum Gasteiger partial charge on any atom is -0.497 e. The number of nitrogens with zero attached hydrogens (tertiary/aromatic N) is 3. The molecule has 7 nitrogen and oxygen atoms in total. The van der Waals surface area contributed by atoms with Gasteiger partial charge in [0.05, 0.1) is 19.9 Å². The van der Waals surface area contributed by atoms with Gasteiger partial charge in [-0.2, -0.15) is 9.67 Å². The number of hydrazone groups is 1. The van der Waals surface area contributed by atoms with E-state index in [0.717, 1.165) is 22.8 Å². The maximum Gasteiger partial charge on any atom is 0.365 e. The van der Waals surface area contributed by atoms with Gasteiger partial charge in [0.25, 0.3) is 0 Å². The summed E-state index contributed by atoms with van der Waals surface area (Å²) < 4.78 is 11.9. The molecule has 2 aromatic carbocycles. The Balaban J connectivity index is 1.80. The maximum atomic E-state index is 12.3. The van der Waals surface area contributed by atoms with Gasteiger partial charge in [-0.1, -0.05) is 0 Å². The summed E-state index contributed by atoms with van der Waals surface area (Å²) in [7, 11) is 6.63. The molecule has 0 fully saturated rings. The van der Waals surface area contributed by atoms with Crippen LogP contribution in [0.5, 0.6) is 5.75 Å². The van der Waals surface area contributed by atoms with E-state index < -0.39 is 5.97 Å². The van der Waals surface area contributed by atoms with Crippen molar-refractivity contribution in [1.29, 1.82) is 0 Å².